The molecule has 0 spiro atoms. The Morgan fingerprint density at radius 2 is 2.00 bits per heavy atom. The van der Waals surface area contributed by atoms with Gasteiger partial charge in [-0.15, -0.1) is 0 Å². The molecule has 9 nitrogen and oxygen atoms in total. The van der Waals surface area contributed by atoms with E-state index in [0.717, 1.165) is 19.3 Å². The van der Waals surface area contributed by atoms with Crippen molar-refractivity contribution in [1.82, 2.24) is 25.1 Å². The maximum Gasteiger partial charge on any atom is 0.314 e. The predicted molar refractivity (Wildman–Crippen MR) is 109 cm³/mol. The Kier molecular flexibility index (Phi) is 6.26. The number of rotatable bonds is 5. The van der Waals surface area contributed by atoms with Crippen molar-refractivity contribution in [3.63, 3.8) is 0 Å². The smallest absolute Gasteiger partial charge is 0.314 e. The fourth-order valence-corrected chi connectivity index (χ4v) is 3.20. The van der Waals surface area contributed by atoms with Crippen LogP contribution in [0.4, 0.5) is 5.82 Å². The van der Waals surface area contributed by atoms with Gasteiger partial charge in [0, 0.05) is 23.9 Å². The number of amides is 2. The topological polar surface area (TPSA) is 122 Å². The minimum Gasteiger partial charge on any atom is -0.348 e. The molecule has 0 bridgehead atoms. The minimum absolute atomic E-state index is 0.172. The van der Waals surface area contributed by atoms with Crippen molar-refractivity contribution in [2.45, 2.75) is 52.9 Å². The van der Waals surface area contributed by atoms with Gasteiger partial charge in [-0.25, -0.2) is 4.98 Å². The Labute approximate surface area is 168 Å². The summed E-state index contributed by atoms with van der Waals surface area (Å²) in [4.78, 5) is 43.4. The number of aromatic nitrogens is 4. The Bertz CT molecular complexity index is 1020. The number of H-pyrrole nitrogens is 1. The highest BCUT2D eigenvalue weighted by Crippen LogP contribution is 2.19. The number of nitrogens with one attached hydrogen (secondary N) is 3. The summed E-state index contributed by atoms with van der Waals surface area (Å²) in [5.74, 6) is -1.08. The summed E-state index contributed by atoms with van der Waals surface area (Å²) in [6.07, 6.45) is 7.51. The zero-order chi connectivity index (χ0) is 21.0. The van der Waals surface area contributed by atoms with E-state index in [1.54, 1.807) is 26.8 Å². The van der Waals surface area contributed by atoms with E-state index in [1.165, 1.54) is 23.1 Å². The van der Waals surface area contributed by atoms with Crippen molar-refractivity contribution >= 4 is 17.6 Å². The van der Waals surface area contributed by atoms with Crippen molar-refractivity contribution in [2.24, 2.45) is 0 Å². The lowest BCUT2D eigenvalue weighted by molar-refractivity contribution is -0.136. The molecule has 9 heteroatoms. The highest BCUT2D eigenvalue weighted by Gasteiger charge is 2.18. The molecular weight excluding hydrogens is 372 g/mol. The number of nitrogens with zero attached hydrogens (tertiary/aromatic N) is 3. The van der Waals surface area contributed by atoms with Gasteiger partial charge in [-0.05, 0) is 52.9 Å². The molecule has 2 heterocycles. The zero-order valence-electron chi connectivity index (χ0n) is 17.0. The summed E-state index contributed by atoms with van der Waals surface area (Å²) in [5, 5.41) is 9.45. The van der Waals surface area contributed by atoms with E-state index in [1.807, 2.05) is 0 Å². The molecule has 154 valence electrons. The molecule has 0 fully saturated rings. The summed E-state index contributed by atoms with van der Waals surface area (Å²) in [5.41, 5.74) is 2.72. The highest BCUT2D eigenvalue weighted by molar-refractivity contribution is 6.39. The molecule has 2 aromatic rings. The molecule has 0 unspecified atom stereocenters. The predicted octanol–water partition coefficient (Wildman–Crippen LogP) is 1.83. The van der Waals surface area contributed by atoms with Gasteiger partial charge in [-0.3, -0.25) is 19.4 Å². The zero-order valence-corrected chi connectivity index (χ0v) is 17.0. The summed E-state index contributed by atoms with van der Waals surface area (Å²) in [6, 6.07) is 1.60. The van der Waals surface area contributed by atoms with Gasteiger partial charge in [0.15, 0.2) is 0 Å². The number of aromatic amines is 1. The molecule has 0 radical (unpaired) electrons. The molecule has 3 rings (SSSR count). The lowest BCUT2D eigenvalue weighted by Gasteiger charge is -2.13. The van der Waals surface area contributed by atoms with Crippen molar-refractivity contribution in [2.75, 3.05) is 11.9 Å². The van der Waals surface area contributed by atoms with Gasteiger partial charge in [0.1, 0.15) is 5.82 Å². The maximum atomic E-state index is 12.3. The van der Waals surface area contributed by atoms with Crippen molar-refractivity contribution in [1.29, 1.82) is 0 Å². The summed E-state index contributed by atoms with van der Waals surface area (Å²) in [7, 11) is 0. The van der Waals surface area contributed by atoms with Crippen molar-refractivity contribution in [3.8, 4) is 5.95 Å². The van der Waals surface area contributed by atoms with Crippen LogP contribution in [0.15, 0.2) is 22.5 Å². The third kappa shape index (κ3) is 4.98. The molecule has 0 atom stereocenters. The van der Waals surface area contributed by atoms with Gasteiger partial charge in [0.2, 0.25) is 5.95 Å². The first-order valence-electron chi connectivity index (χ1n) is 9.77. The Hall–Kier alpha value is -3.23. The van der Waals surface area contributed by atoms with E-state index in [-0.39, 0.29) is 17.3 Å². The second-order valence-corrected chi connectivity index (χ2v) is 7.25. The van der Waals surface area contributed by atoms with Gasteiger partial charge in [-0.2, -0.15) is 9.78 Å². The molecule has 2 aromatic heterocycles. The molecule has 0 saturated carbocycles. The van der Waals surface area contributed by atoms with Crippen LogP contribution >= 0.6 is 0 Å². The molecule has 0 aliphatic heterocycles. The number of hydrogen-bond donors (Lipinski definition) is 3. The molecule has 0 saturated heterocycles. The van der Waals surface area contributed by atoms with Crippen LogP contribution in [-0.4, -0.2) is 38.1 Å². The quantitative estimate of drug-likeness (QED) is 0.524. The third-order valence-corrected chi connectivity index (χ3v) is 4.98. The fraction of sp³-hybridized carbons (Fsp3) is 0.450. The Morgan fingerprint density at radius 3 is 2.69 bits per heavy atom. The first kappa shape index (κ1) is 20.5. The minimum atomic E-state index is -0.796. The van der Waals surface area contributed by atoms with Gasteiger partial charge in [-0.1, -0.05) is 11.6 Å². The molecule has 1 aliphatic rings. The Balaban J connectivity index is 1.67. The van der Waals surface area contributed by atoms with Crippen LogP contribution in [-0.2, 0) is 9.59 Å². The number of anilines is 1. The number of hydrogen-bond acceptors (Lipinski definition) is 5. The standard InChI is InChI=1S/C20H26N6O3/c1-12-11-16(26(25-12)20-22-14(3)13(2)17(27)24-20)23-19(29)18(28)21-10-9-15-7-5-4-6-8-15/h7,11H,4-6,8-10H2,1-3H3,(H,21,28)(H,23,29)(H,22,24,27). The molecule has 29 heavy (non-hydrogen) atoms. The Morgan fingerprint density at radius 1 is 1.21 bits per heavy atom. The van der Waals surface area contributed by atoms with Crippen molar-refractivity contribution in [3.05, 3.63) is 45.0 Å². The highest BCUT2D eigenvalue weighted by atomic mass is 16.2. The van der Waals surface area contributed by atoms with Crippen LogP contribution in [0.2, 0.25) is 0 Å². The number of allylic oxidation sites excluding steroid dienone is 1. The van der Waals surface area contributed by atoms with Crippen LogP contribution < -0.4 is 16.2 Å². The van der Waals surface area contributed by atoms with Gasteiger partial charge < -0.3 is 10.6 Å². The summed E-state index contributed by atoms with van der Waals surface area (Å²) >= 11 is 0. The first-order valence-corrected chi connectivity index (χ1v) is 9.77. The van der Waals surface area contributed by atoms with E-state index in [9.17, 15) is 14.4 Å². The van der Waals surface area contributed by atoms with Crippen LogP contribution in [0.25, 0.3) is 5.95 Å². The lowest BCUT2D eigenvalue weighted by Crippen LogP contribution is -2.36. The number of carbonyl (C=O) groups excluding carboxylic acids is 2. The second kappa shape index (κ2) is 8.85. The molecule has 0 aromatic carbocycles. The first-order chi connectivity index (χ1) is 13.8. The van der Waals surface area contributed by atoms with Gasteiger partial charge >= 0.3 is 11.8 Å². The second-order valence-electron chi connectivity index (χ2n) is 7.25. The third-order valence-electron chi connectivity index (χ3n) is 4.98. The summed E-state index contributed by atoms with van der Waals surface area (Å²) in [6.45, 7) is 5.55. The molecule has 1 aliphatic carbocycles. The average Bonchev–Trinajstić information content (AvgIpc) is 3.06. The van der Waals surface area contributed by atoms with E-state index in [2.05, 4.69) is 31.8 Å². The fourth-order valence-electron chi connectivity index (χ4n) is 3.20. The normalized spacial score (nSPS) is 13.7. The molecule has 2 amide bonds. The molecular formula is C20H26N6O3. The largest absolute Gasteiger partial charge is 0.348 e. The van der Waals surface area contributed by atoms with Crippen LogP contribution in [0.3, 0.4) is 0 Å². The number of carbonyl (C=O) groups is 2. The van der Waals surface area contributed by atoms with Crippen molar-refractivity contribution < 1.29 is 9.59 Å². The van der Waals surface area contributed by atoms with E-state index in [4.69, 9.17) is 0 Å². The lowest BCUT2D eigenvalue weighted by atomic mass is 9.97. The van der Waals surface area contributed by atoms with E-state index < -0.39 is 11.8 Å². The van der Waals surface area contributed by atoms with Gasteiger partial charge in [0.05, 0.1) is 5.69 Å². The SMILES string of the molecule is Cc1cc(NC(=O)C(=O)NCCC2=CCCCC2)n(-c2nc(C)c(C)c(=O)[nH]2)n1. The molecule has 3 N–H and O–H groups in total. The van der Waals surface area contributed by atoms with Crippen LogP contribution in [0.5, 0.6) is 0 Å². The number of aryl methyl sites for hydroxylation is 2. The van der Waals surface area contributed by atoms with Crippen LogP contribution in [0, 0.1) is 20.8 Å². The van der Waals surface area contributed by atoms with Gasteiger partial charge in [0.25, 0.3) is 5.56 Å². The maximum absolute atomic E-state index is 12.3. The average molecular weight is 398 g/mol. The van der Waals surface area contributed by atoms with E-state index >= 15 is 0 Å². The van der Waals surface area contributed by atoms with Crippen LogP contribution in [0.1, 0.15) is 49.1 Å². The summed E-state index contributed by atoms with van der Waals surface area (Å²) < 4.78 is 1.31. The monoisotopic (exact) mass is 398 g/mol. The van der Waals surface area contributed by atoms with E-state index in [0.29, 0.717) is 23.5 Å².